The summed E-state index contributed by atoms with van der Waals surface area (Å²) in [5.74, 6) is 1.09. The van der Waals surface area contributed by atoms with Gasteiger partial charge in [0.15, 0.2) is 0 Å². The first-order chi connectivity index (χ1) is 8.90. The van der Waals surface area contributed by atoms with Gasteiger partial charge in [0, 0.05) is 36.7 Å². The van der Waals surface area contributed by atoms with Crippen molar-refractivity contribution in [3.8, 4) is 11.4 Å². The standard InChI is InChI=1S/C14H18N4/c1-15-10-12-13-4-2-3-9-18(13)14(17-12)11-5-7-16-8-6-11/h5-8,15H,2-4,9-10H2,1H3. The average Bonchev–Trinajstić information content (AvgIpc) is 2.80. The Bertz CT molecular complexity index is 530. The second kappa shape index (κ2) is 4.90. The van der Waals surface area contributed by atoms with Gasteiger partial charge in [0.1, 0.15) is 5.82 Å². The van der Waals surface area contributed by atoms with Gasteiger partial charge in [0.2, 0.25) is 0 Å². The van der Waals surface area contributed by atoms with Crippen molar-refractivity contribution in [2.24, 2.45) is 0 Å². The topological polar surface area (TPSA) is 42.7 Å². The second-order valence-corrected chi connectivity index (χ2v) is 4.70. The molecule has 2 aromatic heterocycles. The molecule has 0 saturated heterocycles. The minimum Gasteiger partial charge on any atom is -0.328 e. The van der Waals surface area contributed by atoms with Gasteiger partial charge in [0.05, 0.1) is 5.69 Å². The Kier molecular flexibility index (Phi) is 3.11. The lowest BCUT2D eigenvalue weighted by Gasteiger charge is -2.17. The zero-order valence-electron chi connectivity index (χ0n) is 10.7. The van der Waals surface area contributed by atoms with E-state index < -0.39 is 0 Å². The van der Waals surface area contributed by atoms with Crippen LogP contribution in [0.2, 0.25) is 0 Å². The Morgan fingerprint density at radius 2 is 2.11 bits per heavy atom. The first kappa shape index (κ1) is 11.4. The lowest BCUT2D eigenvalue weighted by Crippen LogP contribution is -2.14. The van der Waals surface area contributed by atoms with Crippen molar-refractivity contribution in [3.63, 3.8) is 0 Å². The van der Waals surface area contributed by atoms with Crippen molar-refractivity contribution in [2.45, 2.75) is 32.4 Å². The summed E-state index contributed by atoms with van der Waals surface area (Å²) >= 11 is 0. The number of hydrogen-bond acceptors (Lipinski definition) is 3. The summed E-state index contributed by atoms with van der Waals surface area (Å²) in [5, 5.41) is 3.21. The van der Waals surface area contributed by atoms with E-state index >= 15 is 0 Å². The summed E-state index contributed by atoms with van der Waals surface area (Å²) in [7, 11) is 1.97. The molecule has 1 aliphatic heterocycles. The number of nitrogens with zero attached hydrogens (tertiary/aromatic N) is 3. The van der Waals surface area contributed by atoms with E-state index in [0.29, 0.717) is 0 Å². The van der Waals surface area contributed by atoms with Crippen LogP contribution in [0.25, 0.3) is 11.4 Å². The number of rotatable bonds is 3. The zero-order valence-corrected chi connectivity index (χ0v) is 10.7. The quantitative estimate of drug-likeness (QED) is 0.895. The molecule has 1 N–H and O–H groups in total. The molecule has 0 fully saturated rings. The van der Waals surface area contributed by atoms with Crippen LogP contribution in [0.1, 0.15) is 24.2 Å². The van der Waals surface area contributed by atoms with E-state index in [9.17, 15) is 0 Å². The molecule has 0 bridgehead atoms. The molecule has 3 heterocycles. The van der Waals surface area contributed by atoms with E-state index in [1.165, 1.54) is 24.2 Å². The van der Waals surface area contributed by atoms with Gasteiger partial charge in [-0.3, -0.25) is 4.98 Å². The summed E-state index contributed by atoms with van der Waals surface area (Å²) in [6.07, 6.45) is 7.34. The maximum absolute atomic E-state index is 4.82. The lowest BCUT2D eigenvalue weighted by molar-refractivity contribution is 0.531. The van der Waals surface area contributed by atoms with Crippen LogP contribution < -0.4 is 5.32 Å². The molecule has 18 heavy (non-hydrogen) atoms. The van der Waals surface area contributed by atoms with Gasteiger partial charge in [-0.15, -0.1) is 0 Å². The Hall–Kier alpha value is -1.68. The second-order valence-electron chi connectivity index (χ2n) is 4.70. The first-order valence-electron chi connectivity index (χ1n) is 6.53. The molecule has 0 spiro atoms. The van der Waals surface area contributed by atoms with Crippen molar-refractivity contribution in [3.05, 3.63) is 35.9 Å². The highest BCUT2D eigenvalue weighted by molar-refractivity contribution is 5.56. The number of pyridine rings is 1. The Morgan fingerprint density at radius 1 is 1.28 bits per heavy atom. The van der Waals surface area contributed by atoms with E-state index in [1.807, 2.05) is 31.6 Å². The summed E-state index contributed by atoms with van der Waals surface area (Å²) in [5.41, 5.74) is 3.77. The molecule has 4 heteroatoms. The largest absolute Gasteiger partial charge is 0.328 e. The molecule has 3 rings (SSSR count). The third kappa shape index (κ3) is 1.93. The molecular formula is C14H18N4. The average molecular weight is 242 g/mol. The number of imidazole rings is 1. The van der Waals surface area contributed by atoms with Gasteiger partial charge in [-0.2, -0.15) is 0 Å². The van der Waals surface area contributed by atoms with Crippen LogP contribution in [-0.2, 0) is 19.5 Å². The van der Waals surface area contributed by atoms with Gasteiger partial charge < -0.3 is 9.88 Å². The predicted molar refractivity (Wildman–Crippen MR) is 71.2 cm³/mol. The fourth-order valence-electron chi connectivity index (χ4n) is 2.65. The highest BCUT2D eigenvalue weighted by atomic mass is 15.1. The SMILES string of the molecule is CNCc1nc(-c2ccncc2)n2c1CCCC2. The maximum Gasteiger partial charge on any atom is 0.140 e. The van der Waals surface area contributed by atoms with Gasteiger partial charge >= 0.3 is 0 Å². The van der Waals surface area contributed by atoms with Crippen LogP contribution in [0.3, 0.4) is 0 Å². The number of fused-ring (bicyclic) bond motifs is 1. The Morgan fingerprint density at radius 3 is 2.89 bits per heavy atom. The van der Waals surface area contributed by atoms with Gasteiger partial charge in [-0.1, -0.05) is 0 Å². The van der Waals surface area contributed by atoms with Crippen molar-refractivity contribution in [2.75, 3.05) is 7.05 Å². The molecule has 1 aliphatic rings. The molecule has 0 saturated carbocycles. The molecule has 2 aromatic rings. The van der Waals surface area contributed by atoms with Crippen LogP contribution in [0.4, 0.5) is 0 Å². The normalized spacial score (nSPS) is 14.5. The van der Waals surface area contributed by atoms with Crippen LogP contribution in [0.5, 0.6) is 0 Å². The summed E-state index contributed by atoms with van der Waals surface area (Å²) in [6, 6.07) is 4.07. The van der Waals surface area contributed by atoms with E-state index in [2.05, 4.69) is 14.9 Å². The molecule has 0 aromatic carbocycles. The molecule has 0 aliphatic carbocycles. The van der Waals surface area contributed by atoms with E-state index in [1.54, 1.807) is 0 Å². The highest BCUT2D eigenvalue weighted by Crippen LogP contribution is 2.27. The third-order valence-electron chi connectivity index (χ3n) is 3.48. The minimum atomic E-state index is 0.848. The monoisotopic (exact) mass is 242 g/mol. The number of aromatic nitrogens is 3. The Labute approximate surface area is 107 Å². The van der Waals surface area contributed by atoms with Crippen molar-refractivity contribution in [1.29, 1.82) is 0 Å². The third-order valence-corrected chi connectivity index (χ3v) is 3.48. The van der Waals surface area contributed by atoms with Crippen LogP contribution >= 0.6 is 0 Å². The van der Waals surface area contributed by atoms with Crippen LogP contribution in [0.15, 0.2) is 24.5 Å². The summed E-state index contributed by atoms with van der Waals surface area (Å²) in [4.78, 5) is 8.90. The summed E-state index contributed by atoms with van der Waals surface area (Å²) in [6.45, 7) is 1.93. The number of nitrogens with one attached hydrogen (secondary N) is 1. The van der Waals surface area contributed by atoms with Gasteiger partial charge in [0.25, 0.3) is 0 Å². The highest BCUT2D eigenvalue weighted by Gasteiger charge is 2.20. The molecule has 0 amide bonds. The fourth-order valence-corrected chi connectivity index (χ4v) is 2.65. The van der Waals surface area contributed by atoms with Crippen LogP contribution in [0, 0.1) is 0 Å². The smallest absolute Gasteiger partial charge is 0.140 e. The van der Waals surface area contributed by atoms with E-state index in [0.717, 1.165) is 30.9 Å². The fraction of sp³-hybridized carbons (Fsp3) is 0.429. The first-order valence-corrected chi connectivity index (χ1v) is 6.53. The molecule has 4 nitrogen and oxygen atoms in total. The van der Waals surface area contributed by atoms with E-state index in [-0.39, 0.29) is 0 Å². The Balaban J connectivity index is 2.09. The van der Waals surface area contributed by atoms with Gasteiger partial charge in [-0.05, 0) is 38.4 Å². The maximum atomic E-state index is 4.82. The number of hydrogen-bond donors (Lipinski definition) is 1. The van der Waals surface area contributed by atoms with Crippen LogP contribution in [-0.4, -0.2) is 21.6 Å². The zero-order chi connectivity index (χ0) is 12.4. The lowest BCUT2D eigenvalue weighted by atomic mass is 10.1. The van der Waals surface area contributed by atoms with Crippen molar-refractivity contribution >= 4 is 0 Å². The molecular weight excluding hydrogens is 224 g/mol. The molecule has 0 atom stereocenters. The van der Waals surface area contributed by atoms with E-state index in [4.69, 9.17) is 4.98 Å². The molecule has 0 radical (unpaired) electrons. The predicted octanol–water partition coefficient (Wildman–Crippen LogP) is 2.00. The van der Waals surface area contributed by atoms with Crippen molar-refractivity contribution in [1.82, 2.24) is 19.9 Å². The van der Waals surface area contributed by atoms with Gasteiger partial charge in [-0.25, -0.2) is 4.98 Å². The molecule has 94 valence electrons. The minimum absolute atomic E-state index is 0.848. The summed E-state index contributed by atoms with van der Waals surface area (Å²) < 4.78 is 2.38. The molecule has 0 unspecified atom stereocenters. The van der Waals surface area contributed by atoms with Crippen molar-refractivity contribution < 1.29 is 0 Å².